The zero-order chi connectivity index (χ0) is 35.1. The van der Waals surface area contributed by atoms with E-state index in [0.29, 0.717) is 24.9 Å². The van der Waals surface area contributed by atoms with Crippen LogP contribution in [0.2, 0.25) is 10.0 Å². The first-order valence-electron chi connectivity index (χ1n) is 15.3. The van der Waals surface area contributed by atoms with E-state index < -0.39 is 46.5 Å². The summed E-state index contributed by atoms with van der Waals surface area (Å²) in [6.07, 6.45) is 2.11. The molecule has 7 nitrogen and oxygen atoms in total. The van der Waals surface area contributed by atoms with E-state index in [1.54, 1.807) is 23.1 Å². The molecule has 11 heteroatoms. The maximum absolute atomic E-state index is 16.2. The average Bonchev–Trinajstić information content (AvgIpc) is 3.48. The number of rotatable bonds is 9. The standard InChI is InChI=1S/C37H35Cl2F2N3O4/c1-7-8-12-30-43(22-14-15-23(35(46)48-6)28(18-22)47-5)34(45)33-31(24-10-9-11-26(39)32(24)41)37(20-42,25-16-13-21(38)17-27(25)40)29(44(30)33)19-36(2,3)4/h7,9-11,13-18,29-30H,1,8,12,19H2,2-6H3/t29-,30+,37-/m0/s1. The third kappa shape index (κ3) is 5.71. The van der Waals surface area contributed by atoms with Gasteiger partial charge in [-0.1, -0.05) is 68.2 Å². The number of amides is 1. The van der Waals surface area contributed by atoms with Gasteiger partial charge in [-0.05, 0) is 55.0 Å². The SMILES string of the molecule is C=CCC[C@@H]1N(c2ccc(C(=O)OC)c(OC)c2)C(=O)C2=C(c3cccc(Cl)c3F)[C@@](C#N)(c3ccc(Cl)cc3F)[C@H](CC(C)(C)C)N21. The van der Waals surface area contributed by atoms with Gasteiger partial charge in [0.2, 0.25) is 0 Å². The molecule has 0 spiro atoms. The van der Waals surface area contributed by atoms with Gasteiger partial charge in [0.25, 0.3) is 5.91 Å². The largest absolute Gasteiger partial charge is 0.496 e. The summed E-state index contributed by atoms with van der Waals surface area (Å²) in [5.74, 6) is -2.59. The first-order valence-corrected chi connectivity index (χ1v) is 16.1. The number of esters is 1. The van der Waals surface area contributed by atoms with Gasteiger partial charge >= 0.3 is 5.97 Å². The molecule has 0 aromatic heterocycles. The predicted molar refractivity (Wildman–Crippen MR) is 182 cm³/mol. The molecule has 0 aliphatic carbocycles. The summed E-state index contributed by atoms with van der Waals surface area (Å²) < 4.78 is 42.8. The molecule has 0 bridgehead atoms. The third-order valence-electron chi connectivity index (χ3n) is 8.82. The van der Waals surface area contributed by atoms with Crippen LogP contribution in [0.3, 0.4) is 0 Å². The van der Waals surface area contributed by atoms with Gasteiger partial charge in [0.15, 0.2) is 0 Å². The van der Waals surface area contributed by atoms with Crippen LogP contribution < -0.4 is 9.64 Å². The number of halogens is 4. The molecular weight excluding hydrogens is 659 g/mol. The Kier molecular flexibility index (Phi) is 9.64. The van der Waals surface area contributed by atoms with Crippen molar-refractivity contribution in [3.63, 3.8) is 0 Å². The highest BCUT2D eigenvalue weighted by molar-refractivity contribution is 6.31. The van der Waals surface area contributed by atoms with E-state index in [2.05, 4.69) is 12.6 Å². The summed E-state index contributed by atoms with van der Waals surface area (Å²) in [6.45, 7) is 9.83. The van der Waals surface area contributed by atoms with E-state index >= 15 is 8.78 Å². The summed E-state index contributed by atoms with van der Waals surface area (Å²) in [6, 6.07) is 14.6. The van der Waals surface area contributed by atoms with Crippen molar-refractivity contribution >= 4 is 46.3 Å². The van der Waals surface area contributed by atoms with Crippen LogP contribution in [0.15, 0.2) is 72.9 Å². The Bertz CT molecular complexity index is 1880. The lowest BCUT2D eigenvalue weighted by atomic mass is 9.65. The number of hydrogen-bond donors (Lipinski definition) is 0. The Morgan fingerprint density at radius 3 is 2.46 bits per heavy atom. The minimum Gasteiger partial charge on any atom is -0.496 e. The molecule has 0 N–H and O–H groups in total. The van der Waals surface area contributed by atoms with Crippen molar-refractivity contribution in [2.45, 2.75) is 57.7 Å². The molecule has 3 atom stereocenters. The minimum atomic E-state index is -1.87. The Morgan fingerprint density at radius 2 is 1.85 bits per heavy atom. The van der Waals surface area contributed by atoms with Crippen LogP contribution in [0.5, 0.6) is 5.75 Å². The number of ether oxygens (including phenoxy) is 2. The summed E-state index contributed by atoms with van der Waals surface area (Å²) in [4.78, 5) is 30.8. The van der Waals surface area contributed by atoms with Crippen LogP contribution in [0.4, 0.5) is 14.5 Å². The highest BCUT2D eigenvalue weighted by Gasteiger charge is 2.63. The summed E-state index contributed by atoms with van der Waals surface area (Å²) in [5.41, 5.74) is -1.84. The smallest absolute Gasteiger partial charge is 0.341 e. The number of nitriles is 1. The lowest BCUT2D eigenvalue weighted by molar-refractivity contribution is -0.114. The second kappa shape index (κ2) is 13.3. The molecule has 2 heterocycles. The summed E-state index contributed by atoms with van der Waals surface area (Å²) in [5, 5.41) is 11.2. The number of allylic oxidation sites excluding steroid dienone is 1. The Labute approximate surface area is 288 Å². The van der Waals surface area contributed by atoms with Crippen molar-refractivity contribution < 1.29 is 27.8 Å². The quantitative estimate of drug-likeness (QED) is 0.165. The second-order valence-corrected chi connectivity index (χ2v) is 13.8. The normalized spacial score (nSPS) is 20.5. The minimum absolute atomic E-state index is 0.00900. The van der Waals surface area contributed by atoms with E-state index in [-0.39, 0.29) is 43.8 Å². The van der Waals surface area contributed by atoms with Gasteiger partial charge in [-0.25, -0.2) is 13.6 Å². The molecule has 0 unspecified atom stereocenters. The van der Waals surface area contributed by atoms with Crippen molar-refractivity contribution in [1.82, 2.24) is 4.90 Å². The maximum atomic E-state index is 16.2. The number of benzene rings is 3. The van der Waals surface area contributed by atoms with Crippen LogP contribution in [-0.4, -0.2) is 43.2 Å². The molecule has 3 aromatic carbocycles. The van der Waals surface area contributed by atoms with Gasteiger partial charge in [-0.3, -0.25) is 9.69 Å². The van der Waals surface area contributed by atoms with Crippen molar-refractivity contribution in [3.8, 4) is 11.8 Å². The first kappa shape index (κ1) is 34.9. The number of methoxy groups -OCH3 is 2. The predicted octanol–water partition coefficient (Wildman–Crippen LogP) is 8.70. The number of nitrogens with zero attached hydrogens (tertiary/aromatic N) is 3. The zero-order valence-electron chi connectivity index (χ0n) is 27.2. The van der Waals surface area contributed by atoms with Crippen LogP contribution in [0, 0.1) is 28.4 Å². The van der Waals surface area contributed by atoms with Crippen molar-refractivity contribution in [2.75, 3.05) is 19.1 Å². The van der Waals surface area contributed by atoms with Crippen LogP contribution in [-0.2, 0) is 14.9 Å². The molecule has 0 saturated carbocycles. The highest BCUT2D eigenvalue weighted by atomic mass is 35.5. The number of anilines is 1. The van der Waals surface area contributed by atoms with E-state index in [4.69, 9.17) is 32.7 Å². The fourth-order valence-electron chi connectivity index (χ4n) is 6.91. The van der Waals surface area contributed by atoms with E-state index in [9.17, 15) is 14.9 Å². The Hall–Kier alpha value is -4.39. The lowest BCUT2D eigenvalue weighted by Crippen LogP contribution is -2.52. The van der Waals surface area contributed by atoms with Crippen LogP contribution in [0.25, 0.3) is 5.57 Å². The number of hydrogen-bond acceptors (Lipinski definition) is 6. The number of carbonyl (C=O) groups is 2. The maximum Gasteiger partial charge on any atom is 0.341 e. The van der Waals surface area contributed by atoms with E-state index in [0.717, 1.165) is 6.07 Å². The molecule has 1 saturated heterocycles. The second-order valence-electron chi connectivity index (χ2n) is 13.0. The molecule has 5 rings (SSSR count). The molecular formula is C37H35Cl2F2N3O4. The van der Waals surface area contributed by atoms with Crippen molar-refractivity contribution in [1.29, 1.82) is 5.26 Å². The fourth-order valence-corrected chi connectivity index (χ4v) is 7.24. The first-order chi connectivity index (χ1) is 22.7. The van der Waals surface area contributed by atoms with Gasteiger partial charge in [0.05, 0.1) is 31.4 Å². The van der Waals surface area contributed by atoms with Gasteiger partial charge < -0.3 is 14.4 Å². The molecule has 0 radical (unpaired) electrons. The van der Waals surface area contributed by atoms with Gasteiger partial charge in [0, 0.05) is 33.5 Å². The number of fused-ring (bicyclic) bond motifs is 1. The van der Waals surface area contributed by atoms with Gasteiger partial charge in [-0.2, -0.15) is 5.26 Å². The summed E-state index contributed by atoms with van der Waals surface area (Å²) in [7, 11) is 2.65. The summed E-state index contributed by atoms with van der Waals surface area (Å²) >= 11 is 12.5. The zero-order valence-corrected chi connectivity index (χ0v) is 28.8. The Balaban J connectivity index is 1.91. The molecule has 1 fully saturated rings. The third-order valence-corrected chi connectivity index (χ3v) is 9.35. The molecule has 48 heavy (non-hydrogen) atoms. The van der Waals surface area contributed by atoms with Gasteiger partial charge in [0.1, 0.15) is 40.2 Å². The highest BCUT2D eigenvalue weighted by Crippen LogP contribution is 2.59. The average molecular weight is 695 g/mol. The van der Waals surface area contributed by atoms with Crippen LogP contribution >= 0.6 is 23.2 Å². The van der Waals surface area contributed by atoms with E-state index in [1.165, 1.54) is 50.6 Å². The lowest BCUT2D eigenvalue weighted by Gasteiger charge is -2.43. The van der Waals surface area contributed by atoms with E-state index in [1.807, 2.05) is 25.7 Å². The van der Waals surface area contributed by atoms with Crippen molar-refractivity contribution in [2.24, 2.45) is 5.41 Å². The molecule has 250 valence electrons. The molecule has 1 amide bonds. The molecule has 3 aromatic rings. The van der Waals surface area contributed by atoms with Crippen molar-refractivity contribution in [3.05, 3.63) is 111 Å². The number of carbonyl (C=O) groups excluding carboxylic acids is 2. The van der Waals surface area contributed by atoms with Crippen LogP contribution in [0.1, 0.15) is 61.5 Å². The topological polar surface area (TPSA) is 82.9 Å². The molecule has 2 aliphatic rings. The Morgan fingerprint density at radius 1 is 1.12 bits per heavy atom. The monoisotopic (exact) mass is 693 g/mol. The fraction of sp³-hybridized carbons (Fsp3) is 0.324. The molecule has 2 aliphatic heterocycles. The van der Waals surface area contributed by atoms with Gasteiger partial charge in [-0.15, -0.1) is 6.58 Å².